The summed E-state index contributed by atoms with van der Waals surface area (Å²) in [6.07, 6.45) is -4.32. The van der Waals surface area contributed by atoms with E-state index in [4.69, 9.17) is 10.5 Å². The van der Waals surface area contributed by atoms with Crippen molar-refractivity contribution >= 4 is 0 Å². The van der Waals surface area contributed by atoms with Gasteiger partial charge in [-0.1, -0.05) is 0 Å². The molecule has 0 spiro atoms. The Hall–Kier alpha value is -1.50. The Balaban J connectivity index is 2.05. The molecule has 3 rings (SSSR count). The first-order valence-corrected chi connectivity index (χ1v) is 5.70. The maximum Gasteiger partial charge on any atom is 0.573 e. The number of benzene rings is 1. The molecule has 1 aromatic carbocycles. The maximum atomic E-state index is 13.5. The highest BCUT2D eigenvalue weighted by Gasteiger charge is 2.72. The van der Waals surface area contributed by atoms with Gasteiger partial charge in [0.2, 0.25) is 0 Å². The van der Waals surface area contributed by atoms with E-state index in [-0.39, 0.29) is 12.3 Å². The molecule has 1 heterocycles. The van der Waals surface area contributed by atoms with Gasteiger partial charge in [0.05, 0.1) is 5.41 Å². The molecule has 0 bridgehead atoms. The van der Waals surface area contributed by atoms with Gasteiger partial charge in [-0.15, -0.1) is 13.2 Å². The molecule has 1 saturated carbocycles. The predicted molar refractivity (Wildman–Crippen MR) is 57.5 cm³/mol. The maximum absolute atomic E-state index is 13.5. The molecule has 0 saturated heterocycles. The van der Waals surface area contributed by atoms with Crippen LogP contribution in [0.15, 0.2) is 12.1 Å². The minimum Gasteiger partial charge on any atom is -0.486 e. The first kappa shape index (κ1) is 12.5. The third-order valence-electron chi connectivity index (χ3n) is 3.99. The number of ether oxygens (including phenoxy) is 2. The van der Waals surface area contributed by atoms with Crippen molar-refractivity contribution in [2.75, 3.05) is 6.54 Å². The summed E-state index contributed by atoms with van der Waals surface area (Å²) in [4.78, 5) is 0. The average molecular weight is 277 g/mol. The summed E-state index contributed by atoms with van der Waals surface area (Å²) in [6.45, 7) is 2.04. The van der Waals surface area contributed by atoms with E-state index in [0.29, 0.717) is 12.0 Å². The smallest absolute Gasteiger partial charge is 0.486 e. The molecule has 2 aliphatic rings. The van der Waals surface area contributed by atoms with Crippen molar-refractivity contribution in [2.24, 2.45) is 5.73 Å². The minimum absolute atomic E-state index is 0.230. The Morgan fingerprint density at radius 2 is 2.11 bits per heavy atom. The second-order valence-electron chi connectivity index (χ2n) is 5.12. The van der Waals surface area contributed by atoms with Gasteiger partial charge < -0.3 is 15.2 Å². The largest absolute Gasteiger partial charge is 0.573 e. The van der Waals surface area contributed by atoms with E-state index < -0.39 is 28.9 Å². The van der Waals surface area contributed by atoms with Crippen LogP contribution in [0.2, 0.25) is 0 Å². The van der Waals surface area contributed by atoms with Crippen LogP contribution in [0.5, 0.6) is 11.5 Å². The summed E-state index contributed by atoms with van der Waals surface area (Å²) >= 11 is 0. The molecule has 7 heteroatoms. The highest BCUT2D eigenvalue weighted by atomic mass is 19.4. The summed E-state index contributed by atoms with van der Waals surface area (Å²) in [7, 11) is 0. The second-order valence-corrected chi connectivity index (χ2v) is 5.12. The number of alkyl halides is 3. The molecule has 19 heavy (non-hydrogen) atoms. The van der Waals surface area contributed by atoms with E-state index in [1.165, 1.54) is 0 Å². The van der Waals surface area contributed by atoms with E-state index in [2.05, 4.69) is 4.74 Å². The fraction of sp³-hybridized carbons (Fsp3) is 0.500. The fourth-order valence-electron chi connectivity index (χ4n) is 2.88. The molecule has 0 amide bonds. The SMILES string of the molecule is CC12CC1(CN)c1cc(OC(F)(F)F)c(F)cc1O2. The molecule has 2 atom stereocenters. The summed E-state index contributed by atoms with van der Waals surface area (Å²) < 4.78 is 59.3. The summed E-state index contributed by atoms with van der Waals surface area (Å²) in [5, 5.41) is 0. The molecule has 2 unspecified atom stereocenters. The van der Waals surface area contributed by atoms with Crippen LogP contribution < -0.4 is 15.2 Å². The fourth-order valence-corrected chi connectivity index (χ4v) is 2.88. The molecule has 1 fully saturated rings. The van der Waals surface area contributed by atoms with Crippen LogP contribution in [-0.2, 0) is 5.41 Å². The lowest BCUT2D eigenvalue weighted by molar-refractivity contribution is -0.275. The topological polar surface area (TPSA) is 44.5 Å². The van der Waals surface area contributed by atoms with E-state index in [1.54, 1.807) is 0 Å². The highest BCUT2D eigenvalue weighted by molar-refractivity contribution is 5.57. The zero-order valence-corrected chi connectivity index (χ0v) is 9.97. The normalized spacial score (nSPS) is 31.5. The molecular weight excluding hydrogens is 266 g/mol. The van der Waals surface area contributed by atoms with E-state index in [1.807, 2.05) is 6.92 Å². The third kappa shape index (κ3) is 1.60. The van der Waals surface area contributed by atoms with Crippen LogP contribution in [0, 0.1) is 5.82 Å². The van der Waals surface area contributed by atoms with Crippen LogP contribution in [-0.4, -0.2) is 18.5 Å². The van der Waals surface area contributed by atoms with Crippen LogP contribution in [0.3, 0.4) is 0 Å². The number of halogens is 4. The Kier molecular flexibility index (Phi) is 2.20. The Labute approximate surface area is 106 Å². The average Bonchev–Trinajstić information content (AvgIpc) is 2.79. The molecule has 0 radical (unpaired) electrons. The van der Waals surface area contributed by atoms with Gasteiger partial charge in [0.1, 0.15) is 11.4 Å². The molecule has 1 aromatic rings. The molecule has 2 N–H and O–H groups in total. The number of hydrogen-bond acceptors (Lipinski definition) is 3. The lowest BCUT2D eigenvalue weighted by Gasteiger charge is -2.14. The van der Waals surface area contributed by atoms with Crippen molar-refractivity contribution in [3.8, 4) is 11.5 Å². The van der Waals surface area contributed by atoms with Crippen molar-refractivity contribution in [3.63, 3.8) is 0 Å². The second kappa shape index (κ2) is 3.33. The Morgan fingerprint density at radius 3 is 2.68 bits per heavy atom. The lowest BCUT2D eigenvalue weighted by atomic mass is 9.93. The lowest BCUT2D eigenvalue weighted by Crippen LogP contribution is -2.27. The number of fused-ring (bicyclic) bond motifs is 3. The zero-order chi connectivity index (χ0) is 14.1. The van der Waals surface area contributed by atoms with Crippen molar-refractivity contribution in [1.82, 2.24) is 0 Å². The van der Waals surface area contributed by atoms with Crippen molar-refractivity contribution < 1.29 is 27.0 Å². The molecule has 3 nitrogen and oxygen atoms in total. The number of hydrogen-bond donors (Lipinski definition) is 1. The molecule has 1 aliphatic heterocycles. The van der Waals surface area contributed by atoms with E-state index >= 15 is 0 Å². The van der Waals surface area contributed by atoms with Gasteiger partial charge in [-0.2, -0.15) is 0 Å². The summed E-state index contributed by atoms with van der Waals surface area (Å²) in [6, 6.07) is 1.97. The monoisotopic (exact) mass is 277 g/mol. The number of rotatable bonds is 2. The van der Waals surface area contributed by atoms with Gasteiger partial charge >= 0.3 is 6.36 Å². The predicted octanol–water partition coefficient (Wildman–Crippen LogP) is 2.48. The van der Waals surface area contributed by atoms with Crippen LogP contribution in [0.25, 0.3) is 0 Å². The van der Waals surface area contributed by atoms with E-state index in [9.17, 15) is 17.6 Å². The van der Waals surface area contributed by atoms with Gasteiger partial charge in [-0.3, -0.25) is 0 Å². The van der Waals surface area contributed by atoms with Gasteiger partial charge in [0.15, 0.2) is 11.6 Å². The van der Waals surface area contributed by atoms with Gasteiger partial charge in [0, 0.05) is 24.6 Å². The zero-order valence-electron chi connectivity index (χ0n) is 9.97. The standard InChI is InChI=1S/C12H11F4NO2/c1-10-4-11(10,5-17)6-2-9(19-12(14,15)16)7(13)3-8(6)18-10/h2-3H,4-5,17H2,1H3. The van der Waals surface area contributed by atoms with Gasteiger partial charge in [-0.25, -0.2) is 4.39 Å². The minimum atomic E-state index is -4.93. The van der Waals surface area contributed by atoms with Crippen LogP contribution in [0.4, 0.5) is 17.6 Å². The molecule has 104 valence electrons. The van der Waals surface area contributed by atoms with Gasteiger partial charge in [0.25, 0.3) is 0 Å². The van der Waals surface area contributed by atoms with Gasteiger partial charge in [-0.05, 0) is 13.0 Å². The molecular formula is C12H11F4NO2. The van der Waals surface area contributed by atoms with E-state index in [0.717, 1.165) is 12.1 Å². The van der Waals surface area contributed by atoms with Crippen molar-refractivity contribution in [2.45, 2.75) is 30.7 Å². The first-order valence-electron chi connectivity index (χ1n) is 5.70. The highest BCUT2D eigenvalue weighted by Crippen LogP contribution is 2.66. The Bertz CT molecular complexity index is 559. The number of nitrogens with two attached hydrogens (primary N) is 1. The van der Waals surface area contributed by atoms with Crippen molar-refractivity contribution in [1.29, 1.82) is 0 Å². The molecule has 0 aromatic heterocycles. The first-order chi connectivity index (χ1) is 8.71. The Morgan fingerprint density at radius 1 is 1.42 bits per heavy atom. The molecule has 1 aliphatic carbocycles. The van der Waals surface area contributed by atoms with Crippen LogP contribution in [0.1, 0.15) is 18.9 Å². The van der Waals surface area contributed by atoms with Crippen LogP contribution >= 0.6 is 0 Å². The summed E-state index contributed by atoms with van der Waals surface area (Å²) in [5.41, 5.74) is 5.10. The summed E-state index contributed by atoms with van der Waals surface area (Å²) in [5.74, 6) is -1.71. The quantitative estimate of drug-likeness (QED) is 0.845. The third-order valence-corrected chi connectivity index (χ3v) is 3.99. The van der Waals surface area contributed by atoms with Crippen molar-refractivity contribution in [3.05, 3.63) is 23.5 Å².